The lowest BCUT2D eigenvalue weighted by Gasteiger charge is -2.56. The summed E-state index contributed by atoms with van der Waals surface area (Å²) in [5, 5.41) is 0.294. The summed E-state index contributed by atoms with van der Waals surface area (Å²) in [5.74, 6) is 3.53. The quantitative estimate of drug-likeness (QED) is 0.326. The number of hydrogen-bond donors (Lipinski definition) is 0. The fourth-order valence-electron chi connectivity index (χ4n) is 8.77. The summed E-state index contributed by atoms with van der Waals surface area (Å²) in [5.41, 5.74) is 4.49. The predicted octanol–water partition coefficient (Wildman–Crippen LogP) is 10.1. The molecule has 34 heavy (non-hydrogen) atoms. The van der Waals surface area contributed by atoms with Gasteiger partial charge in [0.2, 0.25) is 0 Å². The zero-order chi connectivity index (χ0) is 24.9. The summed E-state index contributed by atoms with van der Waals surface area (Å²) in [6.07, 6.45) is 20.8. The van der Waals surface area contributed by atoms with Crippen LogP contribution >= 0.6 is 0 Å². The lowest BCUT2D eigenvalue weighted by atomic mass is 9.50. The summed E-state index contributed by atoms with van der Waals surface area (Å²) in [7, 11) is -1.71. The van der Waals surface area contributed by atoms with Crippen molar-refractivity contribution in [1.82, 2.24) is 0 Å². The highest BCUT2D eigenvalue weighted by molar-refractivity contribution is 6.74. The zero-order valence-corrected chi connectivity index (χ0v) is 25.2. The first-order valence-electron chi connectivity index (χ1n) is 15.0. The molecule has 1 nitrogen and oxygen atoms in total. The van der Waals surface area contributed by atoms with E-state index in [1.165, 1.54) is 70.6 Å². The van der Waals surface area contributed by atoms with Gasteiger partial charge in [-0.05, 0) is 97.6 Å². The Morgan fingerprint density at radius 1 is 0.941 bits per heavy atom. The lowest BCUT2D eigenvalue weighted by molar-refractivity contribution is 0.0303. The molecular formula is C32H56OSi. The molecule has 0 N–H and O–H groups in total. The van der Waals surface area contributed by atoms with Crippen LogP contribution in [0.25, 0.3) is 0 Å². The molecule has 0 spiro atoms. The fourth-order valence-corrected chi connectivity index (χ4v) is 10.2. The van der Waals surface area contributed by atoms with Gasteiger partial charge < -0.3 is 4.43 Å². The zero-order valence-electron chi connectivity index (χ0n) is 24.2. The van der Waals surface area contributed by atoms with Crippen LogP contribution in [0.1, 0.15) is 119 Å². The highest BCUT2D eigenvalue weighted by Gasteiger charge is 2.57. The molecule has 6 atom stereocenters. The second-order valence-corrected chi connectivity index (χ2v) is 19.4. The highest BCUT2D eigenvalue weighted by Crippen LogP contribution is 2.66. The largest absolute Gasteiger partial charge is 0.414 e. The molecule has 0 radical (unpaired) electrons. The summed E-state index contributed by atoms with van der Waals surface area (Å²) < 4.78 is 6.92. The van der Waals surface area contributed by atoms with Crippen molar-refractivity contribution in [2.75, 3.05) is 0 Å². The molecule has 0 amide bonds. The van der Waals surface area contributed by atoms with Gasteiger partial charge in [0.25, 0.3) is 0 Å². The number of allylic oxidation sites excluding steroid dienone is 3. The number of fused-ring (bicyclic) bond motifs is 5. The van der Waals surface area contributed by atoms with Gasteiger partial charge in [-0.15, -0.1) is 0 Å². The predicted molar refractivity (Wildman–Crippen MR) is 151 cm³/mol. The van der Waals surface area contributed by atoms with Gasteiger partial charge in [-0.1, -0.05) is 97.4 Å². The highest BCUT2D eigenvalue weighted by atomic mass is 28.4. The second kappa shape index (κ2) is 9.51. The maximum atomic E-state index is 6.92. The van der Waals surface area contributed by atoms with Gasteiger partial charge in [0.1, 0.15) is 0 Å². The minimum atomic E-state index is -1.71. The molecule has 0 aromatic heterocycles. The third-order valence-corrected chi connectivity index (χ3v) is 16.3. The van der Waals surface area contributed by atoms with E-state index >= 15 is 0 Å². The molecule has 2 heteroatoms. The van der Waals surface area contributed by atoms with Crippen LogP contribution in [0, 0.1) is 34.5 Å². The molecule has 194 valence electrons. The Labute approximate surface area is 213 Å². The average molecular weight is 485 g/mol. The molecule has 4 aliphatic rings. The fraction of sp³-hybridized carbons (Fsp3) is 0.875. The Bertz CT molecular complexity index is 794. The maximum Gasteiger partial charge on any atom is 0.192 e. The summed E-state index contributed by atoms with van der Waals surface area (Å²) in [4.78, 5) is 0. The van der Waals surface area contributed by atoms with Crippen LogP contribution in [0.2, 0.25) is 18.1 Å². The molecule has 3 saturated carbocycles. The van der Waals surface area contributed by atoms with Crippen LogP contribution in [0.15, 0.2) is 23.3 Å². The Balaban J connectivity index is 1.55. The minimum Gasteiger partial charge on any atom is -0.414 e. The first-order chi connectivity index (χ1) is 15.9. The molecule has 0 aromatic rings. The average Bonchev–Trinajstić information content (AvgIpc) is 3.10. The van der Waals surface area contributed by atoms with E-state index < -0.39 is 8.32 Å². The molecule has 0 heterocycles. The van der Waals surface area contributed by atoms with E-state index in [4.69, 9.17) is 4.43 Å². The number of rotatable bonds is 7. The standard InChI is InChI=1S/C32H56OSi/c1-10-12-23(13-11-2)27-16-17-28-26-15-14-24-22-25(33-34(8,9)30(3,4)5)18-20-31(24,6)29(26)19-21-32(27,28)7/h14-15,23,25,27-29H,10-13,16-22H2,1-9H3/t25?,27-,28+,29+,31+,32-/m1/s1. The Kier molecular flexibility index (Phi) is 7.47. The Morgan fingerprint density at radius 2 is 1.62 bits per heavy atom. The first kappa shape index (κ1) is 26.7. The van der Waals surface area contributed by atoms with Gasteiger partial charge in [0.05, 0.1) is 0 Å². The number of hydrogen-bond acceptors (Lipinski definition) is 1. The van der Waals surface area contributed by atoms with Crippen molar-refractivity contribution < 1.29 is 4.43 Å². The molecule has 4 rings (SSSR count). The molecule has 0 bridgehead atoms. The molecule has 1 unspecified atom stereocenters. The van der Waals surface area contributed by atoms with E-state index in [9.17, 15) is 0 Å². The SMILES string of the molecule is CCCC(CCC)[C@H]1CC[C@H]2C3=CC=C4CC(O[Si](C)(C)C(C)(C)C)CC[C@]4(C)[C@H]3CC[C@]12C. The van der Waals surface area contributed by atoms with Gasteiger partial charge in [0, 0.05) is 6.10 Å². The van der Waals surface area contributed by atoms with Crippen molar-refractivity contribution in [1.29, 1.82) is 0 Å². The topological polar surface area (TPSA) is 9.23 Å². The second-order valence-electron chi connectivity index (χ2n) is 14.7. The van der Waals surface area contributed by atoms with Crippen LogP contribution in [0.5, 0.6) is 0 Å². The third-order valence-electron chi connectivity index (χ3n) is 11.8. The van der Waals surface area contributed by atoms with Crippen LogP contribution in [0.4, 0.5) is 0 Å². The molecular weight excluding hydrogens is 428 g/mol. The van der Waals surface area contributed by atoms with Crippen LogP contribution in [-0.2, 0) is 4.43 Å². The first-order valence-corrected chi connectivity index (χ1v) is 17.9. The minimum absolute atomic E-state index is 0.294. The van der Waals surface area contributed by atoms with Crippen LogP contribution < -0.4 is 0 Å². The molecule has 3 fully saturated rings. The normalized spacial score (nSPS) is 38.2. The lowest BCUT2D eigenvalue weighted by Crippen LogP contribution is -2.49. The van der Waals surface area contributed by atoms with E-state index in [-0.39, 0.29) is 0 Å². The van der Waals surface area contributed by atoms with Gasteiger partial charge in [-0.2, -0.15) is 0 Å². The van der Waals surface area contributed by atoms with E-state index in [1.54, 1.807) is 5.57 Å². The van der Waals surface area contributed by atoms with Crippen molar-refractivity contribution in [2.24, 2.45) is 34.5 Å². The van der Waals surface area contributed by atoms with E-state index in [2.05, 4.69) is 73.7 Å². The van der Waals surface area contributed by atoms with Crippen molar-refractivity contribution >= 4 is 8.32 Å². The Morgan fingerprint density at radius 3 is 2.24 bits per heavy atom. The summed E-state index contributed by atoms with van der Waals surface area (Å²) in [6.45, 7) is 22.1. The van der Waals surface area contributed by atoms with Gasteiger partial charge in [-0.3, -0.25) is 0 Å². The van der Waals surface area contributed by atoms with Crippen molar-refractivity contribution in [3.05, 3.63) is 23.3 Å². The Hall–Kier alpha value is -0.343. The monoisotopic (exact) mass is 484 g/mol. The summed E-state index contributed by atoms with van der Waals surface area (Å²) >= 11 is 0. The van der Waals surface area contributed by atoms with Gasteiger partial charge >= 0.3 is 0 Å². The van der Waals surface area contributed by atoms with Crippen LogP contribution in [0.3, 0.4) is 0 Å². The van der Waals surface area contributed by atoms with Crippen molar-refractivity contribution in [3.63, 3.8) is 0 Å². The smallest absolute Gasteiger partial charge is 0.192 e. The van der Waals surface area contributed by atoms with E-state index in [1.807, 2.05) is 5.57 Å². The molecule has 0 saturated heterocycles. The maximum absolute atomic E-state index is 6.92. The van der Waals surface area contributed by atoms with E-state index in [0.29, 0.717) is 22.0 Å². The molecule has 0 aromatic carbocycles. The van der Waals surface area contributed by atoms with Gasteiger partial charge in [-0.25, -0.2) is 0 Å². The van der Waals surface area contributed by atoms with Crippen molar-refractivity contribution in [3.8, 4) is 0 Å². The van der Waals surface area contributed by atoms with Gasteiger partial charge in [0.15, 0.2) is 8.32 Å². The molecule has 0 aliphatic heterocycles. The molecule has 4 aliphatic carbocycles. The third kappa shape index (κ3) is 4.46. The van der Waals surface area contributed by atoms with Crippen molar-refractivity contribution in [2.45, 2.75) is 143 Å². The van der Waals surface area contributed by atoms with Crippen LogP contribution in [-0.4, -0.2) is 14.4 Å². The van der Waals surface area contributed by atoms with E-state index in [0.717, 1.165) is 23.7 Å². The summed E-state index contributed by atoms with van der Waals surface area (Å²) in [6, 6.07) is 0.